The number of halogens is 1. The number of benzene rings is 1. The Bertz CT molecular complexity index is 587. The lowest BCUT2D eigenvalue weighted by molar-refractivity contribution is 0.252. The van der Waals surface area contributed by atoms with Crippen molar-refractivity contribution in [2.24, 2.45) is 0 Å². The van der Waals surface area contributed by atoms with Crippen LogP contribution in [0.5, 0.6) is 0 Å². The summed E-state index contributed by atoms with van der Waals surface area (Å²) in [4.78, 5) is 11.6. The lowest BCUT2D eigenvalue weighted by Crippen LogP contribution is -2.30. The summed E-state index contributed by atoms with van der Waals surface area (Å²) in [5.74, 6) is 2.14. The molecule has 112 valence electrons. The molecule has 0 fully saturated rings. The number of rotatable bonds is 6. The Balaban J connectivity index is 1.64. The van der Waals surface area contributed by atoms with Gasteiger partial charge in [0, 0.05) is 18.0 Å². The summed E-state index contributed by atoms with van der Waals surface area (Å²) in [6.45, 7) is 2.21. The summed E-state index contributed by atoms with van der Waals surface area (Å²) in [6.07, 6.45) is 1.64. The van der Waals surface area contributed by atoms with E-state index in [1.54, 1.807) is 37.1 Å². The Morgan fingerprint density at radius 2 is 2.24 bits per heavy atom. The van der Waals surface area contributed by atoms with Gasteiger partial charge in [0.2, 0.25) is 0 Å². The van der Waals surface area contributed by atoms with Crippen LogP contribution in [0.1, 0.15) is 11.3 Å². The molecule has 1 aromatic carbocycles. The first kappa shape index (κ1) is 15.4. The molecule has 2 rings (SSSR count). The number of carbonyl (C=O) groups excluding carboxylic acids is 1. The van der Waals surface area contributed by atoms with Gasteiger partial charge in [-0.1, -0.05) is 6.07 Å². The monoisotopic (exact) mass is 308 g/mol. The fraction of sp³-hybridized carbons (Fsp3) is 0.267. The molecule has 0 bridgehead atoms. The molecule has 0 saturated carbocycles. The molecular formula is C15H17FN2O2S. The van der Waals surface area contributed by atoms with Crippen molar-refractivity contribution in [2.75, 3.05) is 17.6 Å². The number of hydrogen-bond acceptors (Lipinski definition) is 3. The lowest BCUT2D eigenvalue weighted by atomic mass is 10.2. The molecule has 2 amide bonds. The number of carbonyl (C=O) groups is 1. The third-order valence-electron chi connectivity index (χ3n) is 2.79. The topological polar surface area (TPSA) is 54.3 Å². The van der Waals surface area contributed by atoms with Crippen molar-refractivity contribution in [3.8, 4) is 0 Å². The zero-order valence-corrected chi connectivity index (χ0v) is 12.5. The van der Waals surface area contributed by atoms with Crippen LogP contribution >= 0.6 is 11.8 Å². The zero-order chi connectivity index (χ0) is 15.1. The average molecular weight is 308 g/mol. The van der Waals surface area contributed by atoms with Crippen LogP contribution in [0.2, 0.25) is 0 Å². The molecule has 0 saturated heterocycles. The van der Waals surface area contributed by atoms with E-state index in [0.717, 1.165) is 17.3 Å². The second kappa shape index (κ2) is 7.73. The molecule has 6 heteroatoms. The molecule has 0 aliphatic carbocycles. The summed E-state index contributed by atoms with van der Waals surface area (Å²) in [7, 11) is 0. The standard InChI is InChI=1S/C15H17FN2O2S/c1-11-4-5-12(9-14(11)16)18-15(19)17-6-8-21-10-13-3-2-7-20-13/h2-5,7,9H,6,8,10H2,1H3,(H2,17,18,19). The second-order valence-electron chi connectivity index (χ2n) is 4.48. The maximum atomic E-state index is 13.3. The summed E-state index contributed by atoms with van der Waals surface area (Å²) < 4.78 is 18.5. The number of nitrogens with one attached hydrogen (secondary N) is 2. The normalized spacial score (nSPS) is 10.4. The van der Waals surface area contributed by atoms with Gasteiger partial charge >= 0.3 is 6.03 Å². The molecule has 0 spiro atoms. The quantitative estimate of drug-likeness (QED) is 0.798. The van der Waals surface area contributed by atoms with Gasteiger partial charge in [0.25, 0.3) is 0 Å². The molecule has 0 unspecified atom stereocenters. The van der Waals surface area contributed by atoms with Crippen LogP contribution in [-0.4, -0.2) is 18.3 Å². The maximum absolute atomic E-state index is 13.3. The minimum Gasteiger partial charge on any atom is -0.468 e. The number of anilines is 1. The van der Waals surface area contributed by atoms with E-state index in [4.69, 9.17) is 4.42 Å². The number of amides is 2. The molecule has 0 radical (unpaired) electrons. The van der Waals surface area contributed by atoms with Gasteiger partial charge in [-0.2, -0.15) is 11.8 Å². The summed E-state index contributed by atoms with van der Waals surface area (Å²) >= 11 is 1.67. The molecule has 21 heavy (non-hydrogen) atoms. The van der Waals surface area contributed by atoms with Gasteiger partial charge in [0.1, 0.15) is 11.6 Å². The van der Waals surface area contributed by atoms with Crippen molar-refractivity contribution in [1.29, 1.82) is 0 Å². The highest BCUT2D eigenvalue weighted by Gasteiger charge is 2.04. The molecule has 2 aromatic rings. The molecule has 0 aliphatic heterocycles. The third kappa shape index (κ3) is 5.15. The van der Waals surface area contributed by atoms with Gasteiger partial charge in [-0.25, -0.2) is 9.18 Å². The summed E-state index contributed by atoms with van der Waals surface area (Å²) in [5.41, 5.74) is 0.995. The molecule has 1 heterocycles. The van der Waals surface area contributed by atoms with Crippen LogP contribution in [0.3, 0.4) is 0 Å². The Morgan fingerprint density at radius 3 is 2.95 bits per heavy atom. The zero-order valence-electron chi connectivity index (χ0n) is 11.7. The van der Waals surface area contributed by atoms with Crippen molar-refractivity contribution < 1.29 is 13.6 Å². The summed E-state index contributed by atoms with van der Waals surface area (Å²) in [6, 6.07) is 8.03. The Labute approximate surface area is 127 Å². The van der Waals surface area contributed by atoms with E-state index in [0.29, 0.717) is 17.8 Å². The van der Waals surface area contributed by atoms with Crippen LogP contribution in [0, 0.1) is 12.7 Å². The van der Waals surface area contributed by atoms with Crippen LogP contribution in [0.4, 0.5) is 14.9 Å². The maximum Gasteiger partial charge on any atom is 0.319 e. The minimum absolute atomic E-state index is 0.332. The van der Waals surface area contributed by atoms with Gasteiger partial charge in [0.05, 0.1) is 12.0 Å². The number of furan rings is 1. The molecule has 0 atom stereocenters. The Morgan fingerprint density at radius 1 is 1.38 bits per heavy atom. The SMILES string of the molecule is Cc1ccc(NC(=O)NCCSCc2ccco2)cc1F. The third-order valence-corrected chi connectivity index (χ3v) is 3.77. The molecule has 4 nitrogen and oxygen atoms in total. The van der Waals surface area contributed by atoms with E-state index >= 15 is 0 Å². The van der Waals surface area contributed by atoms with E-state index < -0.39 is 0 Å². The molecule has 2 N–H and O–H groups in total. The fourth-order valence-corrected chi connectivity index (χ4v) is 2.41. The van der Waals surface area contributed by atoms with Gasteiger partial charge in [0.15, 0.2) is 0 Å². The fourth-order valence-electron chi connectivity index (χ4n) is 1.65. The Hall–Kier alpha value is -1.95. The second-order valence-corrected chi connectivity index (χ2v) is 5.58. The largest absolute Gasteiger partial charge is 0.468 e. The first-order chi connectivity index (χ1) is 10.1. The van der Waals surface area contributed by atoms with Gasteiger partial charge in [-0.15, -0.1) is 0 Å². The van der Waals surface area contributed by atoms with Crippen LogP contribution in [-0.2, 0) is 5.75 Å². The van der Waals surface area contributed by atoms with E-state index in [1.807, 2.05) is 12.1 Å². The average Bonchev–Trinajstić information content (AvgIpc) is 2.96. The van der Waals surface area contributed by atoms with Gasteiger partial charge in [-0.3, -0.25) is 0 Å². The number of aryl methyl sites for hydroxylation is 1. The smallest absolute Gasteiger partial charge is 0.319 e. The van der Waals surface area contributed by atoms with Crippen molar-refractivity contribution in [3.05, 3.63) is 53.7 Å². The highest BCUT2D eigenvalue weighted by Crippen LogP contribution is 2.13. The van der Waals surface area contributed by atoms with Gasteiger partial charge in [-0.05, 0) is 36.8 Å². The van der Waals surface area contributed by atoms with Gasteiger partial charge < -0.3 is 15.1 Å². The van der Waals surface area contributed by atoms with E-state index in [1.165, 1.54) is 6.07 Å². The number of urea groups is 1. The van der Waals surface area contributed by atoms with E-state index in [-0.39, 0.29) is 11.8 Å². The van der Waals surface area contributed by atoms with Crippen molar-refractivity contribution in [3.63, 3.8) is 0 Å². The highest BCUT2D eigenvalue weighted by molar-refractivity contribution is 7.98. The van der Waals surface area contributed by atoms with E-state index in [9.17, 15) is 9.18 Å². The predicted molar refractivity (Wildman–Crippen MR) is 83.0 cm³/mol. The molecular weight excluding hydrogens is 291 g/mol. The molecule has 1 aromatic heterocycles. The number of hydrogen-bond donors (Lipinski definition) is 2. The van der Waals surface area contributed by atoms with Crippen molar-refractivity contribution in [2.45, 2.75) is 12.7 Å². The lowest BCUT2D eigenvalue weighted by Gasteiger charge is -2.08. The van der Waals surface area contributed by atoms with E-state index in [2.05, 4.69) is 10.6 Å². The van der Waals surface area contributed by atoms with Crippen LogP contribution < -0.4 is 10.6 Å². The molecule has 0 aliphatic rings. The number of thioether (sulfide) groups is 1. The van der Waals surface area contributed by atoms with Crippen molar-refractivity contribution in [1.82, 2.24) is 5.32 Å². The Kier molecular flexibility index (Phi) is 5.68. The summed E-state index contributed by atoms with van der Waals surface area (Å²) in [5, 5.41) is 5.32. The first-order valence-corrected chi connectivity index (χ1v) is 7.72. The van der Waals surface area contributed by atoms with Crippen LogP contribution in [0.25, 0.3) is 0 Å². The predicted octanol–water partition coefficient (Wildman–Crippen LogP) is 3.78. The van der Waals surface area contributed by atoms with Crippen LogP contribution in [0.15, 0.2) is 41.0 Å². The minimum atomic E-state index is -0.336. The highest BCUT2D eigenvalue weighted by atomic mass is 32.2. The first-order valence-electron chi connectivity index (χ1n) is 6.56. The van der Waals surface area contributed by atoms with Crippen molar-refractivity contribution >= 4 is 23.5 Å².